The standard InChI is InChI=1S/C23H18F3N5O4/c1-35-15-5-2-12(3-6-15)20-19(28-29-31(20)23(24,25)26)13-4-7-16-14(10-13)11-30(22(16)34)17-8-9-18(32)27-21(17)33/h2-7,10,17H,8-9,11H2,1H3,(H,27,32,33). The molecule has 0 aliphatic carbocycles. The van der Waals surface area contributed by atoms with Crippen molar-refractivity contribution in [3.63, 3.8) is 0 Å². The molecule has 1 atom stereocenters. The topological polar surface area (TPSA) is 106 Å². The number of piperidine rings is 1. The van der Waals surface area contributed by atoms with E-state index in [1.807, 2.05) is 0 Å². The van der Waals surface area contributed by atoms with Crippen LogP contribution in [0, 0.1) is 0 Å². The second-order valence-corrected chi connectivity index (χ2v) is 8.17. The third-order valence-corrected chi connectivity index (χ3v) is 6.07. The molecule has 2 aromatic carbocycles. The molecule has 1 unspecified atom stereocenters. The molecule has 9 nitrogen and oxygen atoms in total. The average molecular weight is 485 g/mol. The fourth-order valence-corrected chi connectivity index (χ4v) is 4.38. The first kappa shape index (κ1) is 22.6. The first-order valence-corrected chi connectivity index (χ1v) is 10.6. The molecule has 1 fully saturated rings. The van der Waals surface area contributed by atoms with Crippen LogP contribution in [0.15, 0.2) is 42.5 Å². The van der Waals surface area contributed by atoms with Crippen molar-refractivity contribution in [2.75, 3.05) is 7.11 Å². The van der Waals surface area contributed by atoms with Gasteiger partial charge in [0.2, 0.25) is 11.8 Å². The number of carbonyl (C=O) groups excluding carboxylic acids is 3. The van der Waals surface area contributed by atoms with Gasteiger partial charge in [0.15, 0.2) is 0 Å². The molecule has 1 N–H and O–H groups in total. The van der Waals surface area contributed by atoms with Gasteiger partial charge in [0, 0.05) is 29.7 Å². The highest BCUT2D eigenvalue weighted by Crippen LogP contribution is 2.38. The van der Waals surface area contributed by atoms with E-state index in [0.29, 0.717) is 22.4 Å². The summed E-state index contributed by atoms with van der Waals surface area (Å²) in [5.74, 6) is -0.838. The van der Waals surface area contributed by atoms with Crippen molar-refractivity contribution in [2.24, 2.45) is 0 Å². The number of halogens is 3. The fraction of sp³-hybridized carbons (Fsp3) is 0.261. The minimum atomic E-state index is -4.81. The number of ether oxygens (including phenoxy) is 1. The highest BCUT2D eigenvalue weighted by Gasteiger charge is 2.40. The van der Waals surface area contributed by atoms with Gasteiger partial charge in [-0.15, -0.1) is 23.0 Å². The number of nitrogens with zero attached hydrogens (tertiary/aromatic N) is 4. The fourth-order valence-electron chi connectivity index (χ4n) is 4.38. The number of hydrogen-bond donors (Lipinski definition) is 1. The third-order valence-electron chi connectivity index (χ3n) is 6.07. The molecule has 0 saturated carbocycles. The van der Waals surface area contributed by atoms with Crippen LogP contribution >= 0.6 is 0 Å². The minimum Gasteiger partial charge on any atom is -0.497 e. The van der Waals surface area contributed by atoms with Crippen molar-refractivity contribution in [2.45, 2.75) is 31.7 Å². The van der Waals surface area contributed by atoms with Gasteiger partial charge in [0.1, 0.15) is 23.2 Å². The van der Waals surface area contributed by atoms with Gasteiger partial charge in [-0.1, -0.05) is 11.3 Å². The minimum absolute atomic E-state index is 0.0119. The zero-order chi connectivity index (χ0) is 24.9. The maximum Gasteiger partial charge on any atom is 0.506 e. The molecule has 5 rings (SSSR count). The van der Waals surface area contributed by atoms with Crippen LogP contribution in [0.4, 0.5) is 13.2 Å². The number of benzene rings is 2. The van der Waals surface area contributed by atoms with Gasteiger partial charge in [-0.05, 0) is 48.4 Å². The van der Waals surface area contributed by atoms with Gasteiger partial charge < -0.3 is 9.64 Å². The number of fused-ring (bicyclic) bond motifs is 1. The molecule has 3 aromatic rings. The van der Waals surface area contributed by atoms with E-state index in [1.165, 1.54) is 48.4 Å². The normalized spacial score (nSPS) is 18.0. The molecule has 3 amide bonds. The zero-order valence-electron chi connectivity index (χ0n) is 18.3. The van der Waals surface area contributed by atoms with Crippen LogP contribution in [-0.4, -0.2) is 50.8 Å². The lowest BCUT2D eigenvalue weighted by Gasteiger charge is -2.29. The van der Waals surface area contributed by atoms with Gasteiger partial charge in [0.25, 0.3) is 5.91 Å². The number of nitrogens with one attached hydrogen (secondary N) is 1. The Morgan fingerprint density at radius 1 is 1.06 bits per heavy atom. The molecule has 2 aliphatic heterocycles. The van der Waals surface area contributed by atoms with E-state index < -0.39 is 24.2 Å². The summed E-state index contributed by atoms with van der Waals surface area (Å²) in [4.78, 5) is 38.0. The monoisotopic (exact) mass is 485 g/mol. The molecule has 0 spiro atoms. The molecule has 3 heterocycles. The van der Waals surface area contributed by atoms with E-state index in [2.05, 4.69) is 15.6 Å². The zero-order valence-corrected chi connectivity index (χ0v) is 18.3. The van der Waals surface area contributed by atoms with Crippen LogP contribution in [-0.2, 0) is 22.4 Å². The maximum absolute atomic E-state index is 13.7. The smallest absolute Gasteiger partial charge is 0.497 e. The highest BCUT2D eigenvalue weighted by molar-refractivity contribution is 6.05. The Hall–Kier alpha value is -4.22. The van der Waals surface area contributed by atoms with E-state index >= 15 is 0 Å². The molecule has 1 aromatic heterocycles. The second-order valence-electron chi connectivity index (χ2n) is 8.17. The number of rotatable bonds is 4. The first-order valence-electron chi connectivity index (χ1n) is 10.6. The van der Waals surface area contributed by atoms with Crippen LogP contribution in [0.1, 0.15) is 28.8 Å². The van der Waals surface area contributed by atoms with Crippen molar-refractivity contribution in [3.8, 4) is 28.3 Å². The lowest BCUT2D eigenvalue weighted by Crippen LogP contribution is -2.52. The number of alkyl halides is 3. The largest absolute Gasteiger partial charge is 0.506 e. The molecule has 0 radical (unpaired) electrons. The van der Waals surface area contributed by atoms with Crippen LogP contribution < -0.4 is 10.1 Å². The molecule has 35 heavy (non-hydrogen) atoms. The molecule has 180 valence electrons. The van der Waals surface area contributed by atoms with Gasteiger partial charge in [0.05, 0.1) is 7.11 Å². The SMILES string of the molecule is COc1ccc(-c2c(-c3ccc4c(c3)CN(C3CCC(=O)NC3=O)C4=O)nnn2C(F)(F)F)cc1. The Morgan fingerprint density at radius 2 is 1.77 bits per heavy atom. The van der Waals surface area contributed by atoms with E-state index in [1.54, 1.807) is 6.07 Å². The van der Waals surface area contributed by atoms with Crippen LogP contribution in [0.25, 0.3) is 22.5 Å². The summed E-state index contributed by atoms with van der Waals surface area (Å²) in [6.45, 7) is 0.0829. The molecule has 0 bridgehead atoms. The van der Waals surface area contributed by atoms with E-state index in [9.17, 15) is 27.6 Å². The predicted octanol–water partition coefficient (Wildman–Crippen LogP) is 2.86. The number of hydrogen-bond acceptors (Lipinski definition) is 6. The highest BCUT2D eigenvalue weighted by atomic mass is 19.4. The average Bonchev–Trinajstić information content (AvgIpc) is 3.41. The lowest BCUT2D eigenvalue weighted by atomic mass is 10.0. The number of carbonyl (C=O) groups is 3. The number of aromatic nitrogens is 3. The van der Waals surface area contributed by atoms with E-state index in [-0.39, 0.29) is 46.9 Å². The quantitative estimate of drug-likeness (QED) is 0.570. The Labute approximate surface area is 196 Å². The van der Waals surface area contributed by atoms with Crippen molar-refractivity contribution >= 4 is 17.7 Å². The van der Waals surface area contributed by atoms with Gasteiger partial charge in [-0.25, -0.2) is 0 Å². The number of methoxy groups -OCH3 is 1. The molecule has 12 heteroatoms. The molecular formula is C23H18F3N5O4. The van der Waals surface area contributed by atoms with Crippen molar-refractivity contribution in [1.29, 1.82) is 0 Å². The summed E-state index contributed by atoms with van der Waals surface area (Å²) < 4.78 is 46.2. The first-order chi connectivity index (χ1) is 16.7. The van der Waals surface area contributed by atoms with E-state index in [0.717, 1.165) is 0 Å². The summed E-state index contributed by atoms with van der Waals surface area (Å²) in [6.07, 6.45) is -4.48. The predicted molar refractivity (Wildman–Crippen MR) is 115 cm³/mol. The number of imide groups is 1. The second kappa shape index (κ2) is 8.22. The third kappa shape index (κ3) is 3.90. The maximum atomic E-state index is 13.7. The summed E-state index contributed by atoms with van der Waals surface area (Å²) >= 11 is 0. The van der Waals surface area contributed by atoms with Crippen molar-refractivity contribution < 1.29 is 32.3 Å². The molecule has 1 saturated heterocycles. The Morgan fingerprint density at radius 3 is 2.43 bits per heavy atom. The van der Waals surface area contributed by atoms with Crippen LogP contribution in [0.2, 0.25) is 0 Å². The van der Waals surface area contributed by atoms with E-state index in [4.69, 9.17) is 4.74 Å². The summed E-state index contributed by atoms with van der Waals surface area (Å²) in [5, 5.41) is 9.39. The van der Waals surface area contributed by atoms with Gasteiger partial charge >= 0.3 is 6.30 Å². The van der Waals surface area contributed by atoms with Gasteiger partial charge in [-0.3, -0.25) is 19.7 Å². The number of amides is 3. The van der Waals surface area contributed by atoms with Crippen LogP contribution in [0.3, 0.4) is 0 Å². The Bertz CT molecular complexity index is 1350. The molecular weight excluding hydrogens is 467 g/mol. The van der Waals surface area contributed by atoms with Crippen molar-refractivity contribution in [3.05, 3.63) is 53.6 Å². The Balaban J connectivity index is 1.53. The van der Waals surface area contributed by atoms with Crippen LogP contribution in [0.5, 0.6) is 5.75 Å². The van der Waals surface area contributed by atoms with Gasteiger partial charge in [-0.2, -0.15) is 0 Å². The summed E-state index contributed by atoms with van der Waals surface area (Å²) in [5.41, 5.74) is 1.17. The Kier molecular flexibility index (Phi) is 5.30. The summed E-state index contributed by atoms with van der Waals surface area (Å²) in [6, 6.07) is 9.81. The summed E-state index contributed by atoms with van der Waals surface area (Å²) in [7, 11) is 1.45. The van der Waals surface area contributed by atoms with Crippen molar-refractivity contribution in [1.82, 2.24) is 25.2 Å². The molecule has 2 aliphatic rings. The lowest BCUT2D eigenvalue weighted by molar-refractivity contribution is -0.211.